The fourth-order valence-corrected chi connectivity index (χ4v) is 3.99. The number of carboxylic acids is 1. The van der Waals surface area contributed by atoms with Crippen LogP contribution in [0.2, 0.25) is 0 Å². The van der Waals surface area contributed by atoms with Crippen molar-refractivity contribution in [3.8, 4) is 11.3 Å². The van der Waals surface area contributed by atoms with Crippen molar-refractivity contribution < 1.29 is 24.2 Å². The zero-order chi connectivity index (χ0) is 20.8. The van der Waals surface area contributed by atoms with Crippen LogP contribution in [0.4, 0.5) is 0 Å². The summed E-state index contributed by atoms with van der Waals surface area (Å²) in [5, 5.41) is 14.5. The molecule has 1 aliphatic heterocycles. The number of carboxylic acid groups (broad SMARTS) is 1. The van der Waals surface area contributed by atoms with E-state index in [1.807, 2.05) is 5.38 Å². The number of methoxy groups -OCH3 is 1. The number of carbonyl (C=O) groups is 3. The van der Waals surface area contributed by atoms with E-state index >= 15 is 0 Å². The Labute approximate surface area is 172 Å². The highest BCUT2D eigenvalue weighted by atomic mass is 32.1. The predicted molar refractivity (Wildman–Crippen MR) is 108 cm³/mol. The Morgan fingerprint density at radius 1 is 1.31 bits per heavy atom. The Morgan fingerprint density at radius 3 is 2.76 bits per heavy atom. The first-order valence-electron chi connectivity index (χ1n) is 9.30. The van der Waals surface area contributed by atoms with E-state index in [9.17, 15) is 14.4 Å². The molecule has 2 aromatic rings. The minimum Gasteiger partial charge on any atom is -0.478 e. The topological polar surface area (TPSA) is 109 Å². The van der Waals surface area contributed by atoms with Gasteiger partial charge in [0.25, 0.3) is 0 Å². The quantitative estimate of drug-likeness (QED) is 0.713. The minimum atomic E-state index is -0.969. The van der Waals surface area contributed by atoms with Crippen LogP contribution in [0.15, 0.2) is 29.6 Å². The Morgan fingerprint density at radius 2 is 2.07 bits per heavy atom. The number of thiazole rings is 1. The molecule has 2 heterocycles. The van der Waals surface area contributed by atoms with E-state index in [2.05, 4.69) is 10.3 Å². The lowest BCUT2D eigenvalue weighted by Gasteiger charge is -2.31. The van der Waals surface area contributed by atoms with Crippen LogP contribution < -0.4 is 5.32 Å². The van der Waals surface area contributed by atoms with Gasteiger partial charge in [-0.05, 0) is 25.0 Å². The third-order valence-electron chi connectivity index (χ3n) is 4.81. The number of likely N-dealkylation sites (tertiary alicyclic amines) is 1. The average Bonchev–Trinajstić information content (AvgIpc) is 3.21. The van der Waals surface area contributed by atoms with Gasteiger partial charge in [-0.1, -0.05) is 12.1 Å². The third-order valence-corrected chi connectivity index (χ3v) is 5.65. The fourth-order valence-electron chi connectivity index (χ4n) is 3.25. The van der Waals surface area contributed by atoms with Crippen molar-refractivity contribution in [3.05, 3.63) is 40.2 Å². The molecule has 8 nitrogen and oxygen atoms in total. The van der Waals surface area contributed by atoms with Crippen LogP contribution in [0.5, 0.6) is 0 Å². The minimum absolute atomic E-state index is 0.0314. The lowest BCUT2D eigenvalue weighted by molar-refractivity contribution is -0.139. The van der Waals surface area contributed by atoms with Gasteiger partial charge in [-0.3, -0.25) is 9.59 Å². The van der Waals surface area contributed by atoms with E-state index in [0.29, 0.717) is 19.6 Å². The molecule has 2 amide bonds. The summed E-state index contributed by atoms with van der Waals surface area (Å²) in [7, 11) is 1.48. The number of hydrogen-bond donors (Lipinski definition) is 2. The van der Waals surface area contributed by atoms with Crippen molar-refractivity contribution in [1.82, 2.24) is 15.2 Å². The number of aromatic nitrogens is 1. The van der Waals surface area contributed by atoms with E-state index in [0.717, 1.165) is 29.1 Å². The van der Waals surface area contributed by atoms with Gasteiger partial charge in [-0.2, -0.15) is 0 Å². The maximum absolute atomic E-state index is 12.5. The van der Waals surface area contributed by atoms with Crippen molar-refractivity contribution in [2.45, 2.75) is 19.4 Å². The number of nitrogens with one attached hydrogen (secondary N) is 1. The van der Waals surface area contributed by atoms with E-state index in [-0.39, 0.29) is 29.9 Å². The molecule has 0 aliphatic carbocycles. The van der Waals surface area contributed by atoms with Crippen LogP contribution in [0.3, 0.4) is 0 Å². The Kier molecular flexibility index (Phi) is 6.95. The number of benzene rings is 1. The molecular weight excluding hydrogens is 394 g/mol. The summed E-state index contributed by atoms with van der Waals surface area (Å²) in [5.74, 6) is -1.37. The molecule has 154 valence electrons. The predicted octanol–water partition coefficient (Wildman–Crippen LogP) is 2.01. The number of piperidine rings is 1. The monoisotopic (exact) mass is 417 g/mol. The summed E-state index contributed by atoms with van der Waals surface area (Å²) in [6, 6.07) is 6.51. The number of hydrogen-bond acceptors (Lipinski definition) is 6. The SMILES string of the molecule is COCC(=O)N1CCC[C@H](C(=O)NCc2nc(-c3ccc(C(=O)O)cc3)cs2)C1. The van der Waals surface area contributed by atoms with Gasteiger partial charge in [0.1, 0.15) is 11.6 Å². The first-order chi connectivity index (χ1) is 14.0. The van der Waals surface area contributed by atoms with Gasteiger partial charge >= 0.3 is 5.97 Å². The highest BCUT2D eigenvalue weighted by Gasteiger charge is 2.28. The van der Waals surface area contributed by atoms with Crippen LogP contribution >= 0.6 is 11.3 Å². The van der Waals surface area contributed by atoms with E-state index in [4.69, 9.17) is 9.84 Å². The van der Waals surface area contributed by atoms with E-state index < -0.39 is 5.97 Å². The fraction of sp³-hybridized carbons (Fsp3) is 0.400. The van der Waals surface area contributed by atoms with Gasteiger partial charge in [-0.25, -0.2) is 9.78 Å². The molecule has 0 unspecified atom stereocenters. The molecule has 0 saturated carbocycles. The molecule has 1 saturated heterocycles. The smallest absolute Gasteiger partial charge is 0.335 e. The normalized spacial score (nSPS) is 16.4. The lowest BCUT2D eigenvalue weighted by atomic mass is 9.97. The third kappa shape index (κ3) is 5.39. The first kappa shape index (κ1) is 20.9. The number of ether oxygens (including phenoxy) is 1. The van der Waals surface area contributed by atoms with Gasteiger partial charge in [0.15, 0.2) is 0 Å². The number of amides is 2. The van der Waals surface area contributed by atoms with Crippen molar-refractivity contribution in [2.75, 3.05) is 26.8 Å². The standard InChI is InChI=1S/C20H23N3O5S/c1-28-11-18(24)23-8-2-3-15(10-23)19(25)21-9-17-22-16(12-29-17)13-4-6-14(7-5-13)20(26)27/h4-7,12,15H,2-3,8-11H2,1H3,(H,21,25)(H,26,27)/t15-/m0/s1. The van der Waals surface area contributed by atoms with Crippen LogP contribution in [0.25, 0.3) is 11.3 Å². The number of rotatable bonds is 7. The second-order valence-corrected chi connectivity index (χ2v) is 7.78. The average molecular weight is 417 g/mol. The first-order valence-corrected chi connectivity index (χ1v) is 10.2. The molecule has 29 heavy (non-hydrogen) atoms. The molecule has 0 spiro atoms. The van der Waals surface area contributed by atoms with Gasteiger partial charge in [0, 0.05) is 31.1 Å². The van der Waals surface area contributed by atoms with Crippen LogP contribution in [0.1, 0.15) is 28.2 Å². The molecule has 1 fully saturated rings. The number of aromatic carboxylic acids is 1. The molecule has 1 aromatic heterocycles. The largest absolute Gasteiger partial charge is 0.478 e. The van der Waals surface area contributed by atoms with E-state index in [1.165, 1.54) is 30.6 Å². The summed E-state index contributed by atoms with van der Waals surface area (Å²) >= 11 is 1.43. The summed E-state index contributed by atoms with van der Waals surface area (Å²) in [5.41, 5.74) is 1.79. The summed E-state index contributed by atoms with van der Waals surface area (Å²) < 4.78 is 4.89. The molecular formula is C20H23N3O5S. The summed E-state index contributed by atoms with van der Waals surface area (Å²) in [6.45, 7) is 1.42. The molecule has 3 rings (SSSR count). The second-order valence-electron chi connectivity index (χ2n) is 6.84. The highest BCUT2D eigenvalue weighted by molar-refractivity contribution is 7.09. The van der Waals surface area contributed by atoms with Crippen LogP contribution in [0, 0.1) is 5.92 Å². The maximum atomic E-state index is 12.5. The van der Waals surface area contributed by atoms with Crippen LogP contribution in [-0.4, -0.2) is 59.6 Å². The molecule has 2 N–H and O–H groups in total. The summed E-state index contributed by atoms with van der Waals surface area (Å²) in [6.07, 6.45) is 1.54. The Bertz CT molecular complexity index is 880. The van der Waals surface area contributed by atoms with Gasteiger partial charge in [-0.15, -0.1) is 11.3 Å². The summed E-state index contributed by atoms with van der Waals surface area (Å²) in [4.78, 5) is 41.6. The second kappa shape index (κ2) is 9.62. The highest BCUT2D eigenvalue weighted by Crippen LogP contribution is 2.23. The zero-order valence-corrected chi connectivity index (χ0v) is 16.9. The molecule has 1 aromatic carbocycles. The van der Waals surface area contributed by atoms with Crippen molar-refractivity contribution in [3.63, 3.8) is 0 Å². The van der Waals surface area contributed by atoms with Crippen molar-refractivity contribution in [2.24, 2.45) is 5.92 Å². The van der Waals surface area contributed by atoms with Gasteiger partial charge in [0.05, 0.1) is 23.7 Å². The molecule has 0 bridgehead atoms. The zero-order valence-electron chi connectivity index (χ0n) is 16.1. The Balaban J connectivity index is 1.54. The molecule has 9 heteroatoms. The van der Waals surface area contributed by atoms with Gasteiger partial charge < -0.3 is 20.1 Å². The molecule has 0 radical (unpaired) electrons. The van der Waals surface area contributed by atoms with Crippen molar-refractivity contribution in [1.29, 1.82) is 0 Å². The molecule has 1 atom stereocenters. The van der Waals surface area contributed by atoms with Gasteiger partial charge in [0.2, 0.25) is 11.8 Å². The number of nitrogens with zero attached hydrogens (tertiary/aromatic N) is 2. The van der Waals surface area contributed by atoms with Crippen LogP contribution in [-0.2, 0) is 20.9 Å². The van der Waals surface area contributed by atoms with E-state index in [1.54, 1.807) is 17.0 Å². The lowest BCUT2D eigenvalue weighted by Crippen LogP contribution is -2.46. The van der Waals surface area contributed by atoms with Crippen molar-refractivity contribution >= 4 is 29.1 Å². The number of carbonyl (C=O) groups excluding carboxylic acids is 2. The molecule has 1 aliphatic rings. The maximum Gasteiger partial charge on any atom is 0.335 e. The Hall–Kier alpha value is -2.78.